The van der Waals surface area contributed by atoms with Crippen LogP contribution in [-0.2, 0) is 12.0 Å². The Morgan fingerprint density at radius 2 is 1.49 bits per heavy atom. The molecule has 0 aliphatic heterocycles. The minimum Gasteiger partial charge on any atom is -0.391 e. The molecule has 6 nitrogen and oxygen atoms in total. The van der Waals surface area contributed by atoms with Crippen molar-refractivity contribution in [1.29, 1.82) is 0 Å². The fourth-order valence-electron chi connectivity index (χ4n) is 6.44. The van der Waals surface area contributed by atoms with Crippen LogP contribution in [0.15, 0.2) is 84.9 Å². The number of carbonyl (C=O) groups is 1. The molecule has 1 saturated carbocycles. The fraction of sp³-hybridized carbons (Fsp3) is 0.424. The molecule has 1 fully saturated rings. The van der Waals surface area contributed by atoms with Crippen molar-refractivity contribution in [2.24, 2.45) is 5.92 Å². The normalized spacial score (nSPS) is 23.6. The third-order valence-electron chi connectivity index (χ3n) is 8.70. The van der Waals surface area contributed by atoms with Gasteiger partial charge in [-0.2, -0.15) is 0 Å². The van der Waals surface area contributed by atoms with Crippen LogP contribution in [-0.4, -0.2) is 41.0 Å². The summed E-state index contributed by atoms with van der Waals surface area (Å²) in [6, 6.07) is 26.7. The highest BCUT2D eigenvalue weighted by molar-refractivity contribution is 5.75. The molecule has 39 heavy (non-hydrogen) atoms. The molecule has 2 aliphatic rings. The zero-order valence-corrected chi connectivity index (χ0v) is 22.7. The van der Waals surface area contributed by atoms with Gasteiger partial charge in [-0.05, 0) is 73.7 Å². The van der Waals surface area contributed by atoms with Crippen LogP contribution in [0.2, 0.25) is 0 Å². The SMILES string of the molecule is C[C@@H](NC(=O)N[C@H]1CC[C@H](CCN[C@H]2c3ccccc3C[C@H]2O)CC1)C(O)(c1ccccc1)c1ccccc1. The highest BCUT2D eigenvalue weighted by Crippen LogP contribution is 2.34. The first-order valence-electron chi connectivity index (χ1n) is 14.3. The number of hydrogen-bond acceptors (Lipinski definition) is 4. The molecule has 3 aromatic rings. The first-order valence-corrected chi connectivity index (χ1v) is 14.3. The van der Waals surface area contributed by atoms with Gasteiger partial charge < -0.3 is 26.2 Å². The molecule has 2 aliphatic carbocycles. The maximum absolute atomic E-state index is 13.0. The first-order chi connectivity index (χ1) is 18.9. The summed E-state index contributed by atoms with van der Waals surface area (Å²) < 4.78 is 0. The maximum atomic E-state index is 13.0. The number of rotatable bonds is 9. The van der Waals surface area contributed by atoms with Gasteiger partial charge in [-0.3, -0.25) is 0 Å². The molecular weight excluding hydrogens is 486 g/mol. The molecule has 5 rings (SSSR count). The van der Waals surface area contributed by atoms with E-state index in [4.69, 9.17) is 0 Å². The Morgan fingerprint density at radius 1 is 0.897 bits per heavy atom. The van der Waals surface area contributed by atoms with Gasteiger partial charge in [0.2, 0.25) is 0 Å². The molecule has 3 atom stereocenters. The third-order valence-corrected chi connectivity index (χ3v) is 8.70. The Kier molecular flexibility index (Phi) is 8.66. The van der Waals surface area contributed by atoms with Crippen LogP contribution in [0.25, 0.3) is 0 Å². The van der Waals surface area contributed by atoms with E-state index in [2.05, 4.69) is 28.1 Å². The lowest BCUT2D eigenvalue weighted by molar-refractivity contribution is 0.0470. The first kappa shape index (κ1) is 27.4. The minimum absolute atomic E-state index is 0.0234. The fourth-order valence-corrected chi connectivity index (χ4v) is 6.44. The van der Waals surface area contributed by atoms with Crippen molar-refractivity contribution < 1.29 is 15.0 Å². The van der Waals surface area contributed by atoms with E-state index < -0.39 is 11.6 Å². The lowest BCUT2D eigenvalue weighted by Gasteiger charge is -2.36. The zero-order chi connectivity index (χ0) is 27.2. The Bertz CT molecular complexity index is 1170. The molecule has 0 saturated heterocycles. The van der Waals surface area contributed by atoms with Gasteiger partial charge in [0.15, 0.2) is 0 Å². The second kappa shape index (κ2) is 12.3. The summed E-state index contributed by atoms with van der Waals surface area (Å²) in [4.78, 5) is 13.0. The molecule has 0 radical (unpaired) electrons. The lowest BCUT2D eigenvalue weighted by Crippen LogP contribution is -2.54. The van der Waals surface area contributed by atoms with Crippen molar-refractivity contribution in [3.63, 3.8) is 0 Å². The summed E-state index contributed by atoms with van der Waals surface area (Å²) in [5.41, 5.74) is 2.61. The van der Waals surface area contributed by atoms with E-state index in [1.807, 2.05) is 79.7 Å². The number of amides is 2. The Labute approximate surface area is 231 Å². The van der Waals surface area contributed by atoms with E-state index >= 15 is 0 Å². The summed E-state index contributed by atoms with van der Waals surface area (Å²) in [6.45, 7) is 2.73. The van der Waals surface area contributed by atoms with Crippen molar-refractivity contribution in [1.82, 2.24) is 16.0 Å². The second-order valence-electron chi connectivity index (χ2n) is 11.2. The number of hydrogen-bond donors (Lipinski definition) is 5. The van der Waals surface area contributed by atoms with Crippen molar-refractivity contribution in [3.05, 3.63) is 107 Å². The average molecular weight is 528 g/mol. The number of aliphatic hydroxyl groups is 2. The molecule has 0 spiro atoms. The van der Waals surface area contributed by atoms with Gasteiger partial charge in [-0.1, -0.05) is 84.9 Å². The van der Waals surface area contributed by atoms with Crippen LogP contribution in [0.5, 0.6) is 0 Å². The van der Waals surface area contributed by atoms with Crippen molar-refractivity contribution in [2.75, 3.05) is 6.54 Å². The van der Waals surface area contributed by atoms with E-state index in [0.717, 1.165) is 56.2 Å². The van der Waals surface area contributed by atoms with Crippen LogP contribution in [0.1, 0.15) is 67.3 Å². The summed E-state index contributed by atoms with van der Waals surface area (Å²) in [5.74, 6) is 0.618. The highest BCUT2D eigenvalue weighted by atomic mass is 16.3. The Morgan fingerprint density at radius 3 is 2.13 bits per heavy atom. The highest BCUT2D eigenvalue weighted by Gasteiger charge is 2.39. The van der Waals surface area contributed by atoms with Crippen molar-refractivity contribution in [3.8, 4) is 0 Å². The molecule has 2 amide bonds. The zero-order valence-electron chi connectivity index (χ0n) is 22.7. The Balaban J connectivity index is 1.09. The monoisotopic (exact) mass is 527 g/mol. The maximum Gasteiger partial charge on any atom is 0.315 e. The molecule has 5 N–H and O–H groups in total. The number of nitrogens with one attached hydrogen (secondary N) is 3. The molecular formula is C33H41N3O3. The van der Waals surface area contributed by atoms with Crippen molar-refractivity contribution >= 4 is 6.03 Å². The molecule has 0 aromatic heterocycles. The number of urea groups is 1. The van der Waals surface area contributed by atoms with E-state index in [-0.39, 0.29) is 24.2 Å². The molecule has 0 bridgehead atoms. The van der Waals surface area contributed by atoms with Gasteiger partial charge in [-0.15, -0.1) is 0 Å². The molecule has 206 valence electrons. The van der Waals surface area contributed by atoms with E-state index in [0.29, 0.717) is 5.92 Å². The lowest BCUT2D eigenvalue weighted by atomic mass is 9.81. The largest absolute Gasteiger partial charge is 0.391 e. The summed E-state index contributed by atoms with van der Waals surface area (Å²) in [7, 11) is 0. The number of carbonyl (C=O) groups excluding carboxylic acids is 1. The predicted molar refractivity (Wildman–Crippen MR) is 154 cm³/mol. The van der Waals surface area contributed by atoms with Gasteiger partial charge in [0.25, 0.3) is 0 Å². The van der Waals surface area contributed by atoms with Gasteiger partial charge in [0.05, 0.1) is 18.2 Å². The number of benzene rings is 3. The van der Waals surface area contributed by atoms with E-state index in [9.17, 15) is 15.0 Å². The van der Waals surface area contributed by atoms with Gasteiger partial charge in [0.1, 0.15) is 5.60 Å². The summed E-state index contributed by atoms with van der Waals surface area (Å²) in [5, 5.41) is 32.1. The van der Waals surface area contributed by atoms with E-state index in [1.165, 1.54) is 11.1 Å². The van der Waals surface area contributed by atoms with Gasteiger partial charge in [0, 0.05) is 12.5 Å². The summed E-state index contributed by atoms with van der Waals surface area (Å²) in [6.07, 6.45) is 5.48. The molecule has 6 heteroatoms. The van der Waals surface area contributed by atoms with Crippen LogP contribution in [0.4, 0.5) is 4.79 Å². The predicted octanol–water partition coefficient (Wildman–Crippen LogP) is 4.81. The smallest absolute Gasteiger partial charge is 0.315 e. The molecule has 0 heterocycles. The summed E-state index contributed by atoms with van der Waals surface area (Å²) >= 11 is 0. The average Bonchev–Trinajstić information content (AvgIpc) is 3.29. The van der Waals surface area contributed by atoms with Crippen LogP contribution >= 0.6 is 0 Å². The number of aliphatic hydroxyl groups excluding tert-OH is 1. The van der Waals surface area contributed by atoms with Crippen LogP contribution in [0, 0.1) is 5.92 Å². The minimum atomic E-state index is -1.35. The van der Waals surface area contributed by atoms with Crippen LogP contribution < -0.4 is 16.0 Å². The standard InChI is InChI=1S/C33H41N3O3/c1-23(33(39,26-11-4-2-5-12-26)27-13-6-3-7-14-27)35-32(38)36-28-18-16-24(17-19-28)20-21-34-31-29-15-9-8-10-25(29)22-30(31)37/h2-15,23-24,28,30-31,34,37,39H,16-22H2,1H3,(H2,35,36,38)/t23-,24-,28-,30-,31+/m1/s1. The second-order valence-corrected chi connectivity index (χ2v) is 11.2. The molecule has 0 unspecified atom stereocenters. The van der Waals surface area contributed by atoms with Crippen LogP contribution in [0.3, 0.4) is 0 Å². The Hall–Kier alpha value is -3.19. The quantitative estimate of drug-likeness (QED) is 0.276. The number of fused-ring (bicyclic) bond motifs is 1. The van der Waals surface area contributed by atoms with Gasteiger partial charge >= 0.3 is 6.03 Å². The molecule has 3 aromatic carbocycles. The van der Waals surface area contributed by atoms with Crippen molar-refractivity contribution in [2.45, 2.75) is 75.3 Å². The van der Waals surface area contributed by atoms with E-state index in [1.54, 1.807) is 0 Å². The third kappa shape index (κ3) is 6.19. The van der Waals surface area contributed by atoms with Gasteiger partial charge in [-0.25, -0.2) is 4.79 Å². The topological polar surface area (TPSA) is 93.6 Å².